The zero-order valence-corrected chi connectivity index (χ0v) is 18.6. The van der Waals surface area contributed by atoms with Crippen LogP contribution in [-0.2, 0) is 9.59 Å². The van der Waals surface area contributed by atoms with Crippen LogP contribution in [0.1, 0.15) is 129 Å². The summed E-state index contributed by atoms with van der Waals surface area (Å²) in [5, 5.41) is 16.7. The van der Waals surface area contributed by atoms with E-state index in [4.69, 9.17) is 10.2 Å². The Hall–Kier alpha value is -1.32. The van der Waals surface area contributed by atoms with Crippen molar-refractivity contribution in [2.24, 2.45) is 0 Å². The van der Waals surface area contributed by atoms with Gasteiger partial charge in [0, 0.05) is 12.5 Å². The van der Waals surface area contributed by atoms with Crippen LogP contribution in [-0.4, -0.2) is 22.2 Å². The van der Waals surface area contributed by atoms with Gasteiger partial charge < -0.3 is 10.2 Å². The van der Waals surface area contributed by atoms with Gasteiger partial charge >= 0.3 is 11.9 Å². The molecule has 0 aliphatic rings. The van der Waals surface area contributed by atoms with Gasteiger partial charge in [0.25, 0.3) is 0 Å². The summed E-state index contributed by atoms with van der Waals surface area (Å²) in [6.45, 7) is 4.45. The van der Waals surface area contributed by atoms with Crippen molar-refractivity contribution in [3.63, 3.8) is 0 Å². The SMILES string of the molecule is CCCCCCCCCC=CC(=O)O.CCCCCCCCCCCC(=O)O. The van der Waals surface area contributed by atoms with Gasteiger partial charge in [0.05, 0.1) is 0 Å². The van der Waals surface area contributed by atoms with E-state index in [9.17, 15) is 9.59 Å². The van der Waals surface area contributed by atoms with E-state index in [1.165, 1.54) is 89.5 Å². The van der Waals surface area contributed by atoms with Crippen molar-refractivity contribution < 1.29 is 19.8 Å². The van der Waals surface area contributed by atoms with Crippen LogP contribution < -0.4 is 0 Å². The van der Waals surface area contributed by atoms with Crippen LogP contribution in [0.2, 0.25) is 0 Å². The van der Waals surface area contributed by atoms with Crippen LogP contribution in [0.5, 0.6) is 0 Å². The van der Waals surface area contributed by atoms with E-state index < -0.39 is 11.9 Å². The molecule has 2 N–H and O–H groups in total. The maximum absolute atomic E-state index is 10.2. The molecule has 4 nitrogen and oxygen atoms in total. The number of unbranched alkanes of at least 4 members (excludes halogenated alkanes) is 15. The van der Waals surface area contributed by atoms with Gasteiger partial charge in [0.1, 0.15) is 0 Å². The van der Waals surface area contributed by atoms with Gasteiger partial charge in [0.15, 0.2) is 0 Å². The van der Waals surface area contributed by atoms with E-state index in [1.807, 2.05) is 0 Å². The lowest BCUT2D eigenvalue weighted by Crippen LogP contribution is -1.93. The molecule has 0 unspecified atom stereocenters. The minimum Gasteiger partial charge on any atom is -0.481 e. The van der Waals surface area contributed by atoms with Crippen molar-refractivity contribution in [1.29, 1.82) is 0 Å². The molecule has 0 aromatic rings. The first-order valence-electron chi connectivity index (χ1n) is 11.7. The fourth-order valence-electron chi connectivity index (χ4n) is 2.99. The fourth-order valence-corrected chi connectivity index (χ4v) is 2.99. The third kappa shape index (κ3) is 32.4. The molecule has 0 saturated carbocycles. The molecule has 0 aromatic carbocycles. The molecule has 0 bridgehead atoms. The lowest BCUT2D eigenvalue weighted by Gasteiger charge is -2.00. The standard InChI is InChI=1S/C12H24O2.C12H22O2/c2*1-2-3-4-5-6-7-8-9-10-11-12(13)14/h2-11H2,1H3,(H,13,14);10-11H,2-9H2,1H3,(H,13,14). The van der Waals surface area contributed by atoms with Crippen LogP contribution in [0.25, 0.3) is 0 Å². The van der Waals surface area contributed by atoms with Gasteiger partial charge in [-0.2, -0.15) is 0 Å². The highest BCUT2D eigenvalue weighted by molar-refractivity contribution is 5.79. The summed E-state index contributed by atoms with van der Waals surface area (Å²) in [6, 6.07) is 0. The van der Waals surface area contributed by atoms with Crippen molar-refractivity contribution in [2.45, 2.75) is 129 Å². The molecule has 0 rings (SSSR count). The van der Waals surface area contributed by atoms with Gasteiger partial charge in [-0.25, -0.2) is 4.79 Å². The van der Waals surface area contributed by atoms with Crippen molar-refractivity contribution in [2.75, 3.05) is 0 Å². The number of allylic oxidation sites excluding steroid dienone is 1. The van der Waals surface area contributed by atoms with E-state index in [1.54, 1.807) is 6.08 Å². The molecule has 0 fully saturated rings. The molecular weight excluding hydrogens is 352 g/mol. The number of hydrogen-bond acceptors (Lipinski definition) is 2. The fraction of sp³-hybridized carbons (Fsp3) is 0.833. The summed E-state index contributed by atoms with van der Waals surface area (Å²) in [7, 11) is 0. The van der Waals surface area contributed by atoms with E-state index in [2.05, 4.69) is 13.8 Å². The van der Waals surface area contributed by atoms with Crippen molar-refractivity contribution >= 4 is 11.9 Å². The Balaban J connectivity index is 0. The van der Waals surface area contributed by atoms with E-state index in [0.29, 0.717) is 6.42 Å². The monoisotopic (exact) mass is 398 g/mol. The average molecular weight is 399 g/mol. The molecule has 0 aliphatic carbocycles. The molecule has 0 atom stereocenters. The number of hydrogen-bond donors (Lipinski definition) is 2. The van der Waals surface area contributed by atoms with Gasteiger partial charge in [-0.15, -0.1) is 0 Å². The number of aliphatic carboxylic acids is 2. The Kier molecular flexibility index (Phi) is 26.5. The third-order valence-corrected chi connectivity index (χ3v) is 4.73. The third-order valence-electron chi connectivity index (χ3n) is 4.73. The normalized spacial score (nSPS) is 10.6. The van der Waals surface area contributed by atoms with Crippen molar-refractivity contribution in [1.82, 2.24) is 0 Å². The highest BCUT2D eigenvalue weighted by Crippen LogP contribution is 2.10. The van der Waals surface area contributed by atoms with E-state index >= 15 is 0 Å². The second-order valence-electron chi connectivity index (χ2n) is 7.62. The number of rotatable bonds is 19. The van der Waals surface area contributed by atoms with Gasteiger partial charge in [-0.1, -0.05) is 110 Å². The van der Waals surface area contributed by atoms with Gasteiger partial charge in [-0.3, -0.25) is 4.79 Å². The Morgan fingerprint density at radius 2 is 1.00 bits per heavy atom. The maximum atomic E-state index is 10.2. The molecule has 4 heteroatoms. The smallest absolute Gasteiger partial charge is 0.327 e. The molecule has 0 radical (unpaired) electrons. The van der Waals surface area contributed by atoms with Crippen LogP contribution in [0, 0.1) is 0 Å². The molecule has 0 heterocycles. The lowest BCUT2D eigenvalue weighted by atomic mass is 10.1. The van der Waals surface area contributed by atoms with Crippen LogP contribution in [0.15, 0.2) is 12.2 Å². The minimum atomic E-state index is -0.840. The molecule has 0 aliphatic heterocycles. The average Bonchev–Trinajstić information content (AvgIpc) is 2.65. The lowest BCUT2D eigenvalue weighted by molar-refractivity contribution is -0.137. The summed E-state index contributed by atoms with van der Waals surface area (Å²) >= 11 is 0. The predicted octanol–water partition coefficient (Wildman–Crippen LogP) is 7.76. The first-order chi connectivity index (χ1) is 13.5. The molecule has 0 spiro atoms. The highest BCUT2D eigenvalue weighted by atomic mass is 16.4. The molecule has 0 aromatic heterocycles. The van der Waals surface area contributed by atoms with Gasteiger partial charge in [-0.05, 0) is 19.3 Å². The van der Waals surface area contributed by atoms with Crippen molar-refractivity contribution in [3.05, 3.63) is 12.2 Å². The largest absolute Gasteiger partial charge is 0.481 e. The summed E-state index contributed by atoms with van der Waals surface area (Å²) in [4.78, 5) is 20.3. The second kappa shape index (κ2) is 25.7. The number of carboxylic acid groups (broad SMARTS) is 2. The number of carbonyl (C=O) groups is 2. The Morgan fingerprint density at radius 1 is 0.607 bits per heavy atom. The Morgan fingerprint density at radius 3 is 1.39 bits per heavy atom. The van der Waals surface area contributed by atoms with Crippen LogP contribution >= 0.6 is 0 Å². The number of carboxylic acids is 2. The van der Waals surface area contributed by atoms with Gasteiger partial charge in [0.2, 0.25) is 0 Å². The molecule has 0 amide bonds. The summed E-state index contributed by atoms with van der Waals surface area (Å²) in [6.07, 6.45) is 24.3. The minimum absolute atomic E-state index is 0.343. The second-order valence-corrected chi connectivity index (χ2v) is 7.62. The van der Waals surface area contributed by atoms with E-state index in [-0.39, 0.29) is 0 Å². The van der Waals surface area contributed by atoms with E-state index in [0.717, 1.165) is 25.7 Å². The Labute approximate surface area is 173 Å². The zero-order chi connectivity index (χ0) is 21.3. The molecular formula is C24H46O4. The predicted molar refractivity (Wildman–Crippen MR) is 119 cm³/mol. The summed E-state index contributed by atoms with van der Waals surface area (Å²) in [5.74, 6) is -1.50. The van der Waals surface area contributed by atoms with Crippen LogP contribution in [0.4, 0.5) is 0 Å². The topological polar surface area (TPSA) is 74.6 Å². The zero-order valence-electron chi connectivity index (χ0n) is 18.6. The van der Waals surface area contributed by atoms with Crippen molar-refractivity contribution in [3.8, 4) is 0 Å². The maximum Gasteiger partial charge on any atom is 0.327 e. The van der Waals surface area contributed by atoms with Crippen LogP contribution in [0.3, 0.4) is 0 Å². The first kappa shape index (κ1) is 28.9. The molecule has 166 valence electrons. The quantitative estimate of drug-likeness (QED) is 0.172. The molecule has 28 heavy (non-hydrogen) atoms. The summed E-state index contributed by atoms with van der Waals surface area (Å²) in [5.41, 5.74) is 0. The highest BCUT2D eigenvalue weighted by Gasteiger charge is 1.96. The Bertz CT molecular complexity index is 364. The first-order valence-corrected chi connectivity index (χ1v) is 11.7. The molecule has 0 saturated heterocycles. The summed E-state index contributed by atoms with van der Waals surface area (Å²) < 4.78 is 0.